The highest BCUT2D eigenvalue weighted by molar-refractivity contribution is 9.09. The molecule has 1 heterocycles. The van der Waals surface area contributed by atoms with E-state index >= 15 is 0 Å². The minimum atomic E-state index is 0.728. The molecule has 0 fully saturated rings. The summed E-state index contributed by atoms with van der Waals surface area (Å²) in [6, 6.07) is 0. The van der Waals surface area contributed by atoms with Crippen LogP contribution in [0.5, 0.6) is 0 Å². The summed E-state index contributed by atoms with van der Waals surface area (Å²) in [7, 11) is 1.73. The van der Waals surface area contributed by atoms with Crippen LogP contribution in [-0.4, -0.2) is 46.8 Å². The Bertz CT molecular complexity index is 384. The van der Waals surface area contributed by atoms with Crippen LogP contribution in [0.15, 0.2) is 0 Å². The molecule has 0 aliphatic carbocycles. The minimum Gasteiger partial charge on any atom is -0.383 e. The highest BCUT2D eigenvalue weighted by atomic mass is 79.9. The van der Waals surface area contributed by atoms with Gasteiger partial charge in [0.05, 0.1) is 23.0 Å². The Morgan fingerprint density at radius 3 is 2.63 bits per heavy atom. The second-order valence-corrected chi connectivity index (χ2v) is 5.51. The first kappa shape index (κ1) is 17.0. The van der Waals surface area contributed by atoms with E-state index in [9.17, 15) is 0 Å². The number of hydrogen-bond acceptors (Lipinski definition) is 3. The summed E-state index contributed by atoms with van der Waals surface area (Å²) in [6.45, 7) is 8.43. The van der Waals surface area contributed by atoms with Crippen LogP contribution >= 0.6 is 27.5 Å². The number of hydrogen-bond donors (Lipinski definition) is 0. The quantitative estimate of drug-likeness (QED) is 0.640. The van der Waals surface area contributed by atoms with Gasteiger partial charge >= 0.3 is 0 Å². The summed E-state index contributed by atoms with van der Waals surface area (Å²) in [5, 5.41) is 6.32. The van der Waals surface area contributed by atoms with Crippen LogP contribution in [-0.2, 0) is 24.2 Å². The third-order valence-electron chi connectivity index (χ3n) is 3.08. The van der Waals surface area contributed by atoms with Gasteiger partial charge in [0.2, 0.25) is 0 Å². The Morgan fingerprint density at radius 1 is 1.37 bits per heavy atom. The van der Waals surface area contributed by atoms with E-state index in [1.54, 1.807) is 7.11 Å². The van der Waals surface area contributed by atoms with E-state index in [0.717, 1.165) is 60.9 Å². The standard InChI is InChI=1S/C13H23BrClN3O/c1-4-11-13(15)12(18(5-2)16-11)10-17(7-6-14)8-9-19-3/h4-10H2,1-3H3. The van der Waals surface area contributed by atoms with E-state index in [1.807, 2.05) is 4.68 Å². The number of nitrogens with zero attached hydrogens (tertiary/aromatic N) is 3. The maximum atomic E-state index is 6.43. The third-order valence-corrected chi connectivity index (χ3v) is 3.87. The lowest BCUT2D eigenvalue weighted by Crippen LogP contribution is -2.30. The lowest BCUT2D eigenvalue weighted by molar-refractivity contribution is 0.146. The Balaban J connectivity index is 2.84. The summed E-state index contributed by atoms with van der Waals surface area (Å²) >= 11 is 9.92. The molecule has 0 saturated carbocycles. The number of rotatable bonds is 9. The first-order valence-corrected chi connectivity index (χ1v) is 8.19. The molecular formula is C13H23BrClN3O. The van der Waals surface area contributed by atoms with Gasteiger partial charge in [-0.05, 0) is 13.3 Å². The molecule has 0 unspecified atom stereocenters. The normalized spacial score (nSPS) is 11.5. The van der Waals surface area contributed by atoms with Crippen molar-refractivity contribution in [3.8, 4) is 0 Å². The van der Waals surface area contributed by atoms with Crippen molar-refractivity contribution in [2.24, 2.45) is 0 Å². The van der Waals surface area contributed by atoms with Crippen molar-refractivity contribution >= 4 is 27.5 Å². The first-order valence-electron chi connectivity index (χ1n) is 6.69. The molecule has 0 atom stereocenters. The van der Waals surface area contributed by atoms with E-state index in [1.165, 1.54) is 0 Å². The van der Waals surface area contributed by atoms with Gasteiger partial charge in [0.1, 0.15) is 0 Å². The van der Waals surface area contributed by atoms with Crippen LogP contribution in [0, 0.1) is 0 Å². The molecule has 0 aliphatic rings. The molecule has 0 aromatic carbocycles. The maximum absolute atomic E-state index is 6.43. The molecule has 0 N–H and O–H groups in total. The van der Waals surface area contributed by atoms with Crippen LogP contribution in [0.25, 0.3) is 0 Å². The zero-order chi connectivity index (χ0) is 14.3. The fraction of sp³-hybridized carbons (Fsp3) is 0.769. The van der Waals surface area contributed by atoms with Crippen molar-refractivity contribution in [3.63, 3.8) is 0 Å². The zero-order valence-electron chi connectivity index (χ0n) is 12.0. The molecular weight excluding hydrogens is 330 g/mol. The van der Waals surface area contributed by atoms with Crippen LogP contribution in [0.1, 0.15) is 25.2 Å². The Hall–Kier alpha value is -0.100. The number of aryl methyl sites for hydroxylation is 2. The molecule has 0 amide bonds. The molecule has 0 bridgehead atoms. The molecule has 4 nitrogen and oxygen atoms in total. The molecule has 1 rings (SSSR count). The van der Waals surface area contributed by atoms with Crippen molar-refractivity contribution in [2.45, 2.75) is 33.4 Å². The van der Waals surface area contributed by atoms with E-state index < -0.39 is 0 Å². The summed E-state index contributed by atoms with van der Waals surface area (Å²) in [5.74, 6) is 0. The molecule has 0 saturated heterocycles. The fourth-order valence-corrected chi connectivity index (χ4v) is 2.82. The second kappa shape index (κ2) is 8.95. The highest BCUT2D eigenvalue weighted by Crippen LogP contribution is 2.23. The monoisotopic (exact) mass is 351 g/mol. The van der Waals surface area contributed by atoms with Gasteiger partial charge in [-0.1, -0.05) is 34.5 Å². The average molecular weight is 353 g/mol. The summed E-state index contributed by atoms with van der Waals surface area (Å²) in [5.41, 5.74) is 2.10. The van der Waals surface area contributed by atoms with Gasteiger partial charge < -0.3 is 4.74 Å². The van der Waals surface area contributed by atoms with Crippen LogP contribution in [0.2, 0.25) is 5.02 Å². The molecule has 1 aromatic rings. The maximum Gasteiger partial charge on any atom is 0.0863 e. The smallest absolute Gasteiger partial charge is 0.0863 e. The van der Waals surface area contributed by atoms with Gasteiger partial charge in [0.15, 0.2) is 0 Å². The summed E-state index contributed by atoms with van der Waals surface area (Å²) in [6.07, 6.45) is 0.870. The molecule has 0 radical (unpaired) electrons. The Morgan fingerprint density at radius 2 is 2.11 bits per heavy atom. The van der Waals surface area contributed by atoms with E-state index in [-0.39, 0.29) is 0 Å². The molecule has 0 aliphatic heterocycles. The van der Waals surface area contributed by atoms with Gasteiger partial charge in [0, 0.05) is 38.6 Å². The Labute approximate surface area is 129 Å². The lowest BCUT2D eigenvalue weighted by Gasteiger charge is -2.21. The zero-order valence-corrected chi connectivity index (χ0v) is 14.3. The first-order chi connectivity index (χ1) is 9.17. The van der Waals surface area contributed by atoms with Crippen molar-refractivity contribution in [1.82, 2.24) is 14.7 Å². The molecule has 110 valence electrons. The van der Waals surface area contributed by atoms with Gasteiger partial charge in [-0.2, -0.15) is 5.10 Å². The number of methoxy groups -OCH3 is 1. The van der Waals surface area contributed by atoms with Gasteiger partial charge in [0.25, 0.3) is 0 Å². The number of alkyl halides is 1. The van der Waals surface area contributed by atoms with Crippen LogP contribution in [0.4, 0.5) is 0 Å². The minimum absolute atomic E-state index is 0.728. The topological polar surface area (TPSA) is 30.3 Å². The van der Waals surface area contributed by atoms with Gasteiger partial charge in [-0.25, -0.2) is 0 Å². The fourth-order valence-electron chi connectivity index (χ4n) is 1.99. The van der Waals surface area contributed by atoms with Gasteiger partial charge in [-0.3, -0.25) is 9.58 Å². The van der Waals surface area contributed by atoms with Gasteiger partial charge in [-0.15, -0.1) is 0 Å². The predicted octanol–water partition coefficient (Wildman–Crippen LogP) is 2.96. The third kappa shape index (κ3) is 4.74. The number of ether oxygens (including phenoxy) is 1. The van der Waals surface area contributed by atoms with E-state index in [0.29, 0.717) is 0 Å². The number of halogens is 2. The summed E-state index contributed by atoms with van der Waals surface area (Å²) in [4.78, 5) is 2.33. The largest absolute Gasteiger partial charge is 0.383 e. The molecule has 19 heavy (non-hydrogen) atoms. The Kier molecular flexibility index (Phi) is 7.99. The molecule has 1 aromatic heterocycles. The van der Waals surface area contributed by atoms with Crippen molar-refractivity contribution in [3.05, 3.63) is 16.4 Å². The van der Waals surface area contributed by atoms with Crippen molar-refractivity contribution in [1.29, 1.82) is 0 Å². The SMILES string of the molecule is CCc1nn(CC)c(CN(CCBr)CCOC)c1Cl. The van der Waals surface area contributed by atoms with Crippen LogP contribution < -0.4 is 0 Å². The van der Waals surface area contributed by atoms with E-state index in [2.05, 4.69) is 39.8 Å². The lowest BCUT2D eigenvalue weighted by atomic mass is 10.3. The van der Waals surface area contributed by atoms with Crippen molar-refractivity contribution in [2.75, 3.05) is 32.1 Å². The van der Waals surface area contributed by atoms with E-state index in [4.69, 9.17) is 16.3 Å². The van der Waals surface area contributed by atoms with Crippen LogP contribution in [0.3, 0.4) is 0 Å². The predicted molar refractivity (Wildman–Crippen MR) is 83.2 cm³/mol. The summed E-state index contributed by atoms with van der Waals surface area (Å²) < 4.78 is 7.17. The molecule has 0 spiro atoms. The average Bonchev–Trinajstić information content (AvgIpc) is 2.72. The highest BCUT2D eigenvalue weighted by Gasteiger charge is 2.17. The number of aromatic nitrogens is 2. The van der Waals surface area contributed by atoms with Crippen molar-refractivity contribution < 1.29 is 4.74 Å². The molecule has 6 heteroatoms. The second-order valence-electron chi connectivity index (χ2n) is 4.33.